The monoisotopic (exact) mass is 989 g/mol. The van der Waals surface area contributed by atoms with Crippen molar-refractivity contribution in [2.45, 2.75) is 205 Å². The fraction of sp³-hybridized carbons (Fsp3) is 0.533. The largest absolute Gasteiger partial charge is 0.461 e. The van der Waals surface area contributed by atoms with E-state index in [1.807, 2.05) is 107 Å². The lowest BCUT2D eigenvalue weighted by Crippen LogP contribution is -2.48. The second-order valence-corrected chi connectivity index (χ2v) is 19.9. The van der Waals surface area contributed by atoms with Crippen molar-refractivity contribution >= 4 is 23.8 Å². The van der Waals surface area contributed by atoms with Gasteiger partial charge in [0.05, 0.1) is 24.3 Å². The summed E-state index contributed by atoms with van der Waals surface area (Å²) in [5.41, 5.74) is 4.77. The summed E-state index contributed by atoms with van der Waals surface area (Å²) < 4.78 is 10.8. The van der Waals surface area contributed by atoms with Crippen LogP contribution in [0, 0.1) is 0 Å². The summed E-state index contributed by atoms with van der Waals surface area (Å²) >= 11 is 0. The Labute approximate surface area is 430 Å². The Morgan fingerprint density at radius 1 is 0.431 bits per heavy atom. The average molecular weight is 989 g/mol. The summed E-state index contributed by atoms with van der Waals surface area (Å²) in [6, 6.07) is 41.1. The van der Waals surface area contributed by atoms with Crippen LogP contribution in [-0.4, -0.2) is 92.3 Å². The number of esters is 2. The molecule has 4 aliphatic carbocycles. The smallest absolute Gasteiger partial charge is 0.302 e. The molecule has 2 amide bonds. The summed E-state index contributed by atoms with van der Waals surface area (Å²) in [5.74, 6) is -0.365. The van der Waals surface area contributed by atoms with Crippen molar-refractivity contribution in [3.63, 3.8) is 0 Å². The van der Waals surface area contributed by atoms with Crippen LogP contribution >= 0.6 is 0 Å². The molecule has 0 bridgehead atoms. The third-order valence-electron chi connectivity index (χ3n) is 14.3. The standard InChI is InChI=1S/C17H23NO3.2C15H21NO2.C13H19NO/c1-13(19)18(12-15-8-4-3-5-9-15)16-10-6-7-11-17(16)21-14(2)20;1-12(17)18-15-10-6-5-9-14(15)16-11-13-7-3-2-4-8-13;1-12(17)16(11-13-7-3-2-4-8-13)14-9-5-6-10-15(14)18;15-13-9-5-4-8-12(13)14-10-11-6-2-1-3-7-11/h3-5,8-9,16-17H,6-7,10-12H2,1-2H3;2-4,7-8,14-16H,5-6,9-11H2,1H3;2-4,7-8,14-15,18H,5-6,9-11H2,1H3;1-3,6-7,12-15H,4-5,8-10H2/t16-,17-;2*14-,15-;12-,13-/m1111/s1. The highest BCUT2D eigenvalue weighted by atomic mass is 16.5. The number of aliphatic hydroxyl groups is 2. The fourth-order valence-corrected chi connectivity index (χ4v) is 10.4. The quantitative estimate of drug-likeness (QED) is 0.0897. The molecule has 4 aromatic carbocycles. The summed E-state index contributed by atoms with van der Waals surface area (Å²) in [5, 5.41) is 26.8. The van der Waals surface area contributed by atoms with E-state index in [0.29, 0.717) is 25.2 Å². The van der Waals surface area contributed by atoms with Crippen molar-refractivity contribution in [2.24, 2.45) is 0 Å². The predicted octanol–water partition coefficient (Wildman–Crippen LogP) is 9.98. The zero-order valence-corrected chi connectivity index (χ0v) is 43.5. The molecule has 4 fully saturated rings. The number of rotatable bonds is 14. The molecule has 4 aromatic rings. The lowest BCUT2D eigenvalue weighted by Gasteiger charge is -2.39. The second kappa shape index (κ2) is 31.9. The molecule has 12 heteroatoms. The van der Waals surface area contributed by atoms with Crippen LogP contribution in [0.3, 0.4) is 0 Å². The average Bonchev–Trinajstić information content (AvgIpc) is 3.39. The summed E-state index contributed by atoms with van der Waals surface area (Å²) in [4.78, 5) is 49.9. The van der Waals surface area contributed by atoms with Crippen molar-refractivity contribution in [3.8, 4) is 0 Å². The molecule has 8 rings (SSSR count). The Morgan fingerprint density at radius 3 is 1.22 bits per heavy atom. The van der Waals surface area contributed by atoms with Crippen molar-refractivity contribution in [2.75, 3.05) is 0 Å². The van der Waals surface area contributed by atoms with Crippen molar-refractivity contribution in [1.29, 1.82) is 0 Å². The molecule has 0 aliphatic heterocycles. The summed E-state index contributed by atoms with van der Waals surface area (Å²) in [7, 11) is 0. The summed E-state index contributed by atoms with van der Waals surface area (Å²) in [6.07, 6.45) is 16.0. The minimum absolute atomic E-state index is 0.0136. The SMILES string of the molecule is CC(=O)N(Cc1ccccc1)[C@@H]1CCCC[C@H]1O.CC(=O)O[C@@H]1CCCC[C@H]1N(Cc1ccccc1)C(C)=O.CC(=O)O[C@@H]1CCCC[C@H]1NCc1ccccc1.O[C@@H]1CCCC[C@H]1NCc1ccccc1. The molecule has 0 saturated heterocycles. The summed E-state index contributed by atoms with van der Waals surface area (Å²) in [6.45, 7) is 8.96. The second-order valence-electron chi connectivity index (χ2n) is 19.9. The van der Waals surface area contributed by atoms with Crippen LogP contribution in [0.2, 0.25) is 0 Å². The topological polar surface area (TPSA) is 158 Å². The number of nitrogens with zero attached hydrogens (tertiary/aromatic N) is 2. The van der Waals surface area contributed by atoms with E-state index in [9.17, 15) is 29.4 Å². The van der Waals surface area contributed by atoms with Gasteiger partial charge in [0.25, 0.3) is 0 Å². The third kappa shape index (κ3) is 20.6. The van der Waals surface area contributed by atoms with Crippen molar-refractivity contribution in [1.82, 2.24) is 20.4 Å². The molecule has 0 unspecified atom stereocenters. The number of nitrogens with one attached hydrogen (secondary N) is 2. The van der Waals surface area contributed by atoms with Crippen molar-refractivity contribution in [3.05, 3.63) is 144 Å². The van der Waals surface area contributed by atoms with Crippen LogP contribution < -0.4 is 10.6 Å². The number of carbonyl (C=O) groups excluding carboxylic acids is 4. The van der Waals surface area contributed by atoms with Gasteiger partial charge in [-0.1, -0.05) is 160 Å². The Bertz CT molecular complexity index is 2150. The first-order chi connectivity index (χ1) is 34.9. The molecule has 392 valence electrons. The molecule has 72 heavy (non-hydrogen) atoms. The van der Waals surface area contributed by atoms with E-state index in [1.54, 1.807) is 13.8 Å². The molecule has 4 N–H and O–H groups in total. The van der Waals surface area contributed by atoms with E-state index >= 15 is 0 Å². The van der Waals surface area contributed by atoms with E-state index in [-0.39, 0.29) is 60.3 Å². The highest BCUT2D eigenvalue weighted by Gasteiger charge is 2.34. The van der Waals surface area contributed by atoms with E-state index in [4.69, 9.17) is 9.47 Å². The van der Waals surface area contributed by atoms with Gasteiger partial charge in [-0.25, -0.2) is 0 Å². The number of carbonyl (C=O) groups is 4. The van der Waals surface area contributed by atoms with Gasteiger partial charge in [-0.15, -0.1) is 0 Å². The van der Waals surface area contributed by atoms with Gasteiger partial charge < -0.3 is 40.1 Å². The van der Waals surface area contributed by atoms with Crippen molar-refractivity contribution < 1.29 is 38.9 Å². The minimum atomic E-state index is -0.369. The number of benzene rings is 4. The van der Waals surface area contributed by atoms with E-state index in [2.05, 4.69) is 34.9 Å². The van der Waals surface area contributed by atoms with Crippen LogP contribution in [0.15, 0.2) is 121 Å². The highest BCUT2D eigenvalue weighted by Crippen LogP contribution is 2.28. The van der Waals surface area contributed by atoms with E-state index in [1.165, 1.54) is 44.2 Å². The van der Waals surface area contributed by atoms with Gasteiger partial charge in [-0.2, -0.15) is 0 Å². The first-order valence-corrected chi connectivity index (χ1v) is 26.7. The van der Waals surface area contributed by atoms with Gasteiger partial charge in [0.1, 0.15) is 12.2 Å². The highest BCUT2D eigenvalue weighted by molar-refractivity contribution is 5.74. The minimum Gasteiger partial charge on any atom is -0.461 e. The molecule has 0 aromatic heterocycles. The van der Waals surface area contributed by atoms with Crippen LogP contribution in [0.25, 0.3) is 0 Å². The molecule has 0 radical (unpaired) electrons. The third-order valence-corrected chi connectivity index (χ3v) is 14.3. The number of amides is 2. The van der Waals surface area contributed by atoms with Gasteiger partial charge >= 0.3 is 11.9 Å². The van der Waals surface area contributed by atoms with Crippen LogP contribution in [-0.2, 0) is 54.8 Å². The van der Waals surface area contributed by atoms with Gasteiger partial charge in [0.15, 0.2) is 0 Å². The molecule has 0 spiro atoms. The molecule has 0 heterocycles. The van der Waals surface area contributed by atoms with Gasteiger partial charge in [-0.05, 0) is 86.5 Å². The number of aliphatic hydroxyl groups excluding tert-OH is 2. The lowest BCUT2D eigenvalue weighted by molar-refractivity contribution is -0.156. The maximum Gasteiger partial charge on any atom is 0.302 e. The maximum absolute atomic E-state index is 12.1. The predicted molar refractivity (Wildman–Crippen MR) is 284 cm³/mol. The molecular formula is C60H84N4O8. The van der Waals surface area contributed by atoms with Crippen LogP contribution in [0.4, 0.5) is 0 Å². The molecule has 4 saturated carbocycles. The maximum atomic E-state index is 12.1. The van der Waals surface area contributed by atoms with Crippen LogP contribution in [0.5, 0.6) is 0 Å². The Hall–Kier alpha value is -5.40. The Kier molecular flexibility index (Phi) is 25.5. The van der Waals surface area contributed by atoms with E-state index in [0.717, 1.165) is 108 Å². The first kappa shape index (κ1) is 57.5. The first-order valence-electron chi connectivity index (χ1n) is 26.7. The fourth-order valence-electron chi connectivity index (χ4n) is 10.4. The lowest BCUT2D eigenvalue weighted by atomic mass is 9.90. The zero-order valence-electron chi connectivity index (χ0n) is 43.5. The Balaban J connectivity index is 0.000000179. The number of hydrogen-bond acceptors (Lipinski definition) is 10. The van der Waals surface area contributed by atoms with Crippen LogP contribution in [0.1, 0.15) is 153 Å². The number of hydrogen-bond donors (Lipinski definition) is 4. The van der Waals surface area contributed by atoms with Gasteiger partial charge in [0, 0.05) is 66.0 Å². The molecule has 12 nitrogen and oxygen atoms in total. The number of ether oxygens (including phenoxy) is 2. The molecule has 4 aliphatic rings. The Morgan fingerprint density at radius 2 is 0.778 bits per heavy atom. The molecule has 8 atom stereocenters. The molecular weight excluding hydrogens is 905 g/mol. The van der Waals surface area contributed by atoms with E-state index < -0.39 is 0 Å². The van der Waals surface area contributed by atoms with Gasteiger partial charge in [-0.3, -0.25) is 19.2 Å². The normalized spacial score (nSPS) is 23.6. The van der Waals surface area contributed by atoms with Gasteiger partial charge in [0.2, 0.25) is 11.8 Å². The zero-order chi connectivity index (χ0) is 51.5.